The maximum atomic E-state index is 9.39. The van der Waals surface area contributed by atoms with Gasteiger partial charge in [0.2, 0.25) is 0 Å². The number of para-hydroxylation sites is 4. The van der Waals surface area contributed by atoms with Crippen molar-refractivity contribution in [3.8, 4) is 6.07 Å². The number of aryl methyl sites for hydroxylation is 2. The van der Waals surface area contributed by atoms with Crippen LogP contribution in [0, 0.1) is 31.8 Å². The van der Waals surface area contributed by atoms with Gasteiger partial charge in [-0.1, -0.05) is 105 Å². The number of furan rings is 2. The average molecular weight is 784 g/mol. The quantitative estimate of drug-likeness (QED) is 0.165. The van der Waals surface area contributed by atoms with E-state index in [9.17, 15) is 5.26 Å². The van der Waals surface area contributed by atoms with Gasteiger partial charge in [0.1, 0.15) is 28.4 Å². The van der Waals surface area contributed by atoms with Crippen molar-refractivity contribution in [2.45, 2.75) is 27.7 Å². The number of rotatable bonds is 4. The van der Waals surface area contributed by atoms with E-state index in [4.69, 9.17) is 20.4 Å². The van der Waals surface area contributed by atoms with Crippen LogP contribution in [-0.4, -0.2) is 11.4 Å². The van der Waals surface area contributed by atoms with Gasteiger partial charge in [-0.05, 0) is 55.4 Å². The summed E-state index contributed by atoms with van der Waals surface area (Å²) >= 11 is 0. The minimum Gasteiger partial charge on any atom is -0.671 e. The molecule has 10 rings (SSSR count). The van der Waals surface area contributed by atoms with Crippen molar-refractivity contribution in [3.05, 3.63) is 184 Å². The topological polar surface area (TPSA) is 107 Å². The SMILES string of the molecule is CC1=N/C(=C(\c2ccc(C)[n-]2)c2cccc3c2oc2ccccc23)C=C1C#N.[C-]#[N+]c1cc(/C(=C2/C=CC(C)=N2)c2cccc3c2oc2ccccc23)[n-]c1C.[Co+2]. The number of fused-ring (bicyclic) bond motifs is 6. The number of aliphatic imine (C=N–C) groups is 2. The molecule has 0 unspecified atom stereocenters. The number of nitriles is 1. The molecule has 0 fully saturated rings. The Morgan fingerprint density at radius 3 is 1.77 bits per heavy atom. The van der Waals surface area contributed by atoms with Gasteiger partial charge in [0.25, 0.3) is 0 Å². The number of hydrogen-bond donors (Lipinski definition) is 0. The summed E-state index contributed by atoms with van der Waals surface area (Å²) in [5.74, 6) is 0. The Morgan fingerprint density at radius 1 is 0.667 bits per heavy atom. The number of benzene rings is 4. The minimum absolute atomic E-state index is 0. The molecule has 0 saturated carbocycles. The first-order valence-corrected chi connectivity index (χ1v) is 18.1. The molecule has 1 radical (unpaired) electrons. The number of allylic oxidation sites excluding steroid dienone is 4. The van der Waals surface area contributed by atoms with E-state index >= 15 is 0 Å². The van der Waals surface area contributed by atoms with Crippen molar-refractivity contribution < 1.29 is 25.6 Å². The predicted molar refractivity (Wildman–Crippen MR) is 224 cm³/mol. The van der Waals surface area contributed by atoms with Gasteiger partial charge in [-0.15, -0.1) is 11.4 Å². The Morgan fingerprint density at radius 2 is 1.26 bits per heavy atom. The maximum Gasteiger partial charge on any atom is 2.00 e. The summed E-state index contributed by atoms with van der Waals surface area (Å²) in [5.41, 5.74) is 14.5. The van der Waals surface area contributed by atoms with E-state index in [1.54, 1.807) is 0 Å². The van der Waals surface area contributed by atoms with Crippen molar-refractivity contribution in [1.29, 1.82) is 5.26 Å². The first-order valence-electron chi connectivity index (χ1n) is 18.1. The van der Waals surface area contributed by atoms with Gasteiger partial charge < -0.3 is 18.8 Å². The van der Waals surface area contributed by atoms with Crippen LogP contribution in [0.5, 0.6) is 0 Å². The van der Waals surface area contributed by atoms with Crippen molar-refractivity contribution >= 4 is 72.1 Å². The molecule has 0 bridgehead atoms. The summed E-state index contributed by atoms with van der Waals surface area (Å²) in [6.45, 7) is 15.0. The van der Waals surface area contributed by atoms with E-state index in [2.05, 4.69) is 50.1 Å². The van der Waals surface area contributed by atoms with Crippen molar-refractivity contribution in [1.82, 2.24) is 9.97 Å². The monoisotopic (exact) mass is 783 g/mol. The van der Waals surface area contributed by atoms with Crippen LogP contribution in [0.4, 0.5) is 5.69 Å². The second-order valence-corrected chi connectivity index (χ2v) is 13.7. The fraction of sp³-hybridized carbons (Fsp3) is 0.0833. The summed E-state index contributed by atoms with van der Waals surface area (Å²) in [4.78, 5) is 22.3. The largest absolute Gasteiger partial charge is 2.00 e. The number of hydrogen-bond acceptors (Lipinski definition) is 5. The Labute approximate surface area is 339 Å². The zero-order valence-electron chi connectivity index (χ0n) is 31.4. The zero-order valence-corrected chi connectivity index (χ0v) is 32.4. The van der Waals surface area contributed by atoms with Crippen LogP contribution in [0.15, 0.2) is 157 Å². The normalized spacial score (nSPS) is 15.2. The van der Waals surface area contributed by atoms with E-state index in [0.717, 1.165) is 112 Å². The van der Waals surface area contributed by atoms with E-state index in [0.29, 0.717) is 11.3 Å². The molecule has 8 aromatic rings. The Kier molecular flexibility index (Phi) is 9.56. The van der Waals surface area contributed by atoms with Gasteiger partial charge in [0.15, 0.2) is 5.69 Å². The fourth-order valence-electron chi connectivity index (χ4n) is 7.41. The Hall–Kier alpha value is -7.17. The second-order valence-electron chi connectivity index (χ2n) is 13.7. The standard InChI is InChI=1S/2C24H16N3O.Co/c1-14-11-12-19(26-14)23(21-13-20(25-3)15(2)27-21)18-9-6-8-17-16-7-4-5-10-22(16)28-24(17)18;1-14-10-11-20(26-14)23(21-12-16(13-25)15(2)27-21)19-8-5-7-18-17-6-3-4-9-22(17)28-24(18)19;/h4-13H,1-2H3;3-12H,1-2H3;/q2*-1;+2/b23-19-;23-21-;. The predicted octanol–water partition coefficient (Wildman–Crippen LogP) is 11.7. The van der Waals surface area contributed by atoms with Crippen LogP contribution >= 0.6 is 0 Å². The molecular weight excluding hydrogens is 752 g/mol. The molecule has 8 nitrogen and oxygen atoms in total. The molecule has 0 atom stereocenters. The molecule has 57 heavy (non-hydrogen) atoms. The van der Waals surface area contributed by atoms with E-state index in [1.807, 2.05) is 125 Å². The molecule has 0 amide bonds. The fourth-order valence-corrected chi connectivity index (χ4v) is 7.41. The summed E-state index contributed by atoms with van der Waals surface area (Å²) in [6, 6.07) is 36.3. The molecule has 2 aliphatic rings. The molecule has 0 aliphatic carbocycles. The van der Waals surface area contributed by atoms with Crippen LogP contribution in [0.1, 0.15) is 47.8 Å². The third kappa shape index (κ3) is 6.45. The maximum absolute atomic E-state index is 9.39. The average Bonchev–Trinajstić information content (AvgIpc) is 4.07. The third-order valence-corrected chi connectivity index (χ3v) is 10.1. The number of nitrogens with zero attached hydrogens (tertiary/aromatic N) is 6. The van der Waals surface area contributed by atoms with Crippen LogP contribution in [0.3, 0.4) is 0 Å². The first kappa shape index (κ1) is 36.8. The first-order chi connectivity index (χ1) is 27.3. The van der Waals surface area contributed by atoms with Crippen molar-refractivity contribution in [2.75, 3.05) is 0 Å². The van der Waals surface area contributed by atoms with Crippen molar-refractivity contribution in [3.63, 3.8) is 0 Å². The van der Waals surface area contributed by atoms with E-state index in [1.165, 1.54) is 0 Å². The molecule has 275 valence electrons. The van der Waals surface area contributed by atoms with Crippen LogP contribution in [0.2, 0.25) is 0 Å². The van der Waals surface area contributed by atoms with Crippen LogP contribution < -0.4 is 9.97 Å². The molecule has 0 N–H and O–H groups in total. The summed E-state index contributed by atoms with van der Waals surface area (Å²) < 4.78 is 12.5. The number of aromatic nitrogens is 2. The zero-order chi connectivity index (χ0) is 38.5. The summed E-state index contributed by atoms with van der Waals surface area (Å²) in [7, 11) is 0. The molecule has 0 saturated heterocycles. The van der Waals surface area contributed by atoms with E-state index in [-0.39, 0.29) is 16.8 Å². The molecular formula is C48H32CoN6O2. The van der Waals surface area contributed by atoms with Crippen LogP contribution in [0.25, 0.3) is 59.9 Å². The van der Waals surface area contributed by atoms with E-state index < -0.39 is 0 Å². The van der Waals surface area contributed by atoms with Crippen molar-refractivity contribution in [2.24, 2.45) is 9.98 Å². The van der Waals surface area contributed by atoms with Crippen LogP contribution in [-0.2, 0) is 16.8 Å². The molecule has 4 aromatic carbocycles. The smallest absolute Gasteiger partial charge is 0.671 e. The minimum atomic E-state index is 0. The molecule has 9 heteroatoms. The van der Waals surface area contributed by atoms with Gasteiger partial charge >= 0.3 is 16.8 Å². The Bertz CT molecular complexity index is 3210. The van der Waals surface area contributed by atoms with Gasteiger partial charge in [0, 0.05) is 38.4 Å². The van der Waals surface area contributed by atoms with Gasteiger partial charge in [-0.3, -0.25) is 9.98 Å². The summed E-state index contributed by atoms with van der Waals surface area (Å²) in [5, 5.41) is 13.7. The van der Waals surface area contributed by atoms with Gasteiger partial charge in [-0.25, -0.2) is 4.85 Å². The second kappa shape index (κ2) is 14.8. The molecule has 6 heterocycles. The third-order valence-electron chi connectivity index (χ3n) is 10.1. The molecule has 0 spiro atoms. The molecule has 4 aromatic heterocycles. The Balaban J connectivity index is 0.000000157. The van der Waals surface area contributed by atoms with Gasteiger partial charge in [0.05, 0.1) is 29.3 Å². The summed E-state index contributed by atoms with van der Waals surface area (Å²) in [6.07, 6.45) is 5.81. The molecule has 2 aliphatic heterocycles. The van der Waals surface area contributed by atoms with Gasteiger partial charge in [-0.2, -0.15) is 16.6 Å².